The van der Waals surface area contributed by atoms with E-state index in [-0.39, 0.29) is 23.6 Å². The standard InChI is InChI=1S/C29H23N3O4.C23H22N2O4/c1-28-11-12-29(36-28,13-14-35-20-6-4-5-18(15-20)16-30)25-24(28)26(33)32(27(25)34)23-10-9-19(17-31)21-7-2-3-8-22(21)23;1-22-9-10-23(29-22,11-12-28-2)19-18(22)20(26)25(21(19)27)17-8-7-14(13-24)15-5-3-4-6-16(15)17/h2-10,15,24-25H,11-14H2,1H3;3-8,18-19H,9-12H2,1-2H3/t24-,25+,28-,29-;18-,19+,22-,23-/m11/s1. The molecule has 6 saturated heterocycles. The Morgan fingerprint density at radius 3 is 1.49 bits per heavy atom. The quantitative estimate of drug-likeness (QED) is 0.133. The third-order valence-electron chi connectivity index (χ3n) is 15.0. The maximum atomic E-state index is 13.9. The number of ether oxygens (including phenoxy) is 4. The lowest BCUT2D eigenvalue weighted by Gasteiger charge is -2.31. The predicted octanol–water partition coefficient (Wildman–Crippen LogP) is 7.65. The number of imide groups is 2. The lowest BCUT2D eigenvalue weighted by molar-refractivity contribution is -0.133. The van der Waals surface area contributed by atoms with E-state index in [1.165, 1.54) is 9.80 Å². The van der Waals surface area contributed by atoms with Crippen LogP contribution in [0.25, 0.3) is 21.5 Å². The van der Waals surface area contributed by atoms with Gasteiger partial charge in [0.25, 0.3) is 0 Å². The van der Waals surface area contributed by atoms with E-state index in [1.807, 2.05) is 62.4 Å². The molecule has 13 heteroatoms. The summed E-state index contributed by atoms with van der Waals surface area (Å²) in [6, 6.07) is 34.9. The number of benzene rings is 5. The summed E-state index contributed by atoms with van der Waals surface area (Å²) < 4.78 is 24.1. The van der Waals surface area contributed by atoms with Crippen LogP contribution in [0.4, 0.5) is 11.4 Å². The first kappa shape index (κ1) is 42.0. The summed E-state index contributed by atoms with van der Waals surface area (Å²) in [5.41, 5.74) is -0.162. The smallest absolute Gasteiger partial charge is 0.240 e. The maximum Gasteiger partial charge on any atom is 0.240 e. The molecule has 0 spiro atoms. The topological polar surface area (TPSA) is 183 Å². The minimum absolute atomic E-state index is 0.198. The van der Waals surface area contributed by atoms with Crippen LogP contribution in [0, 0.1) is 57.7 Å². The van der Waals surface area contributed by atoms with Crippen LogP contribution in [0.15, 0.2) is 97.1 Å². The van der Waals surface area contributed by atoms with Crippen molar-refractivity contribution in [2.75, 3.05) is 30.1 Å². The summed E-state index contributed by atoms with van der Waals surface area (Å²) in [6.07, 6.45) is 3.95. The molecule has 6 fully saturated rings. The maximum absolute atomic E-state index is 13.9. The number of hydrogen-bond acceptors (Lipinski definition) is 11. The Hall–Kier alpha value is -6.95. The van der Waals surface area contributed by atoms with Gasteiger partial charge in [-0.05, 0) is 82.0 Å². The van der Waals surface area contributed by atoms with Gasteiger partial charge in [0.05, 0.1) is 99.0 Å². The third-order valence-corrected chi connectivity index (χ3v) is 15.0. The first-order valence-electron chi connectivity index (χ1n) is 22.0. The van der Waals surface area contributed by atoms with E-state index in [9.17, 15) is 29.7 Å². The molecule has 5 aromatic rings. The fourth-order valence-corrected chi connectivity index (χ4v) is 12.1. The van der Waals surface area contributed by atoms with E-state index in [2.05, 4.69) is 18.2 Å². The number of nitriles is 3. The number of amides is 4. The van der Waals surface area contributed by atoms with Gasteiger partial charge in [-0.15, -0.1) is 0 Å². The molecule has 326 valence electrons. The van der Waals surface area contributed by atoms with Crippen LogP contribution in [-0.4, -0.2) is 66.4 Å². The Morgan fingerprint density at radius 2 is 1.03 bits per heavy atom. The van der Waals surface area contributed by atoms with Gasteiger partial charge in [0.15, 0.2) is 0 Å². The van der Waals surface area contributed by atoms with Crippen molar-refractivity contribution in [1.29, 1.82) is 15.8 Å². The highest BCUT2D eigenvalue weighted by Crippen LogP contribution is 2.64. The van der Waals surface area contributed by atoms with Crippen LogP contribution < -0.4 is 14.5 Å². The fourth-order valence-electron chi connectivity index (χ4n) is 12.1. The minimum atomic E-state index is -0.782. The molecule has 0 saturated carbocycles. The second-order valence-corrected chi connectivity index (χ2v) is 18.5. The van der Waals surface area contributed by atoms with Gasteiger partial charge in [0.1, 0.15) is 5.75 Å². The summed E-state index contributed by atoms with van der Waals surface area (Å²) >= 11 is 0. The highest BCUT2D eigenvalue weighted by atomic mass is 16.5. The molecular formula is C52H45N5O8. The van der Waals surface area contributed by atoms with Crippen molar-refractivity contribution < 1.29 is 38.1 Å². The SMILES string of the molecule is COCC[C@@]12CC[C@@](C)(O1)[C@H]1C(=O)N(c3ccc(C#N)c4ccccc34)C(=O)[C@H]12.C[C@]12CC[C@](CCOc3cccc(C#N)c3)(O1)[C@@H]1C(=O)N(c3ccc(C#N)c4ccccc34)C(=O)[C@@H]12. The molecule has 4 amide bonds. The van der Waals surface area contributed by atoms with Crippen molar-refractivity contribution in [2.45, 2.75) is 74.8 Å². The highest BCUT2D eigenvalue weighted by Gasteiger charge is 2.75. The molecule has 6 heterocycles. The second-order valence-electron chi connectivity index (χ2n) is 18.5. The summed E-state index contributed by atoms with van der Waals surface area (Å²) in [6.45, 7) is 4.68. The van der Waals surface area contributed by atoms with Gasteiger partial charge >= 0.3 is 0 Å². The van der Waals surface area contributed by atoms with E-state index in [0.717, 1.165) is 23.6 Å². The van der Waals surface area contributed by atoms with Crippen LogP contribution in [0.2, 0.25) is 0 Å². The summed E-state index contributed by atoms with van der Waals surface area (Å²) in [5.74, 6) is -2.43. The summed E-state index contributed by atoms with van der Waals surface area (Å²) in [7, 11) is 1.63. The Labute approximate surface area is 375 Å². The molecule has 0 radical (unpaired) electrons. The minimum Gasteiger partial charge on any atom is -0.493 e. The van der Waals surface area contributed by atoms with Gasteiger partial charge in [-0.25, -0.2) is 9.80 Å². The van der Waals surface area contributed by atoms with Gasteiger partial charge in [-0.1, -0.05) is 54.6 Å². The lowest BCUT2D eigenvalue weighted by Crippen LogP contribution is -2.43. The molecule has 0 N–H and O–H groups in total. The number of carbonyl (C=O) groups is 4. The Bertz CT molecular complexity index is 3010. The number of rotatable bonds is 9. The molecule has 8 atom stereocenters. The van der Waals surface area contributed by atoms with Crippen LogP contribution in [0.1, 0.15) is 69.1 Å². The third kappa shape index (κ3) is 6.20. The molecular weight excluding hydrogens is 823 g/mol. The molecule has 13 nitrogen and oxygen atoms in total. The molecule has 6 aliphatic rings. The van der Waals surface area contributed by atoms with Crippen LogP contribution >= 0.6 is 0 Å². The largest absolute Gasteiger partial charge is 0.493 e. The van der Waals surface area contributed by atoms with Gasteiger partial charge in [-0.2, -0.15) is 15.8 Å². The summed E-state index contributed by atoms with van der Waals surface area (Å²) in [4.78, 5) is 57.5. The zero-order chi connectivity index (χ0) is 45.5. The monoisotopic (exact) mass is 867 g/mol. The molecule has 11 rings (SSSR count). The molecule has 0 aliphatic carbocycles. The van der Waals surface area contributed by atoms with Crippen LogP contribution in [0.5, 0.6) is 5.75 Å². The number of hydrogen-bond donors (Lipinski definition) is 0. The average Bonchev–Trinajstić information content (AvgIpc) is 4.12. The van der Waals surface area contributed by atoms with Crippen molar-refractivity contribution in [1.82, 2.24) is 0 Å². The highest BCUT2D eigenvalue weighted by molar-refractivity contribution is 6.27. The average molecular weight is 868 g/mol. The van der Waals surface area contributed by atoms with E-state index < -0.39 is 46.1 Å². The number of anilines is 2. The molecule has 0 aromatic heterocycles. The van der Waals surface area contributed by atoms with Crippen LogP contribution in [-0.2, 0) is 33.4 Å². The Kier molecular flexibility index (Phi) is 9.93. The van der Waals surface area contributed by atoms with Gasteiger partial charge in [0, 0.05) is 48.1 Å². The Balaban J connectivity index is 0.000000157. The lowest BCUT2D eigenvalue weighted by atomic mass is 9.67. The normalized spacial score (nSPS) is 30.3. The summed E-state index contributed by atoms with van der Waals surface area (Å²) in [5, 5.41) is 31.0. The van der Waals surface area contributed by atoms with Crippen LogP contribution in [0.3, 0.4) is 0 Å². The van der Waals surface area contributed by atoms with Gasteiger partial charge in [0.2, 0.25) is 23.6 Å². The first-order valence-corrected chi connectivity index (χ1v) is 22.0. The van der Waals surface area contributed by atoms with E-state index in [4.69, 9.17) is 24.2 Å². The number of nitrogens with zero attached hydrogens (tertiary/aromatic N) is 5. The Morgan fingerprint density at radius 1 is 0.569 bits per heavy atom. The fraction of sp³-hybridized carbons (Fsp3) is 0.365. The predicted molar refractivity (Wildman–Crippen MR) is 237 cm³/mol. The van der Waals surface area contributed by atoms with Crippen molar-refractivity contribution in [3.63, 3.8) is 0 Å². The van der Waals surface area contributed by atoms with Gasteiger partial charge in [-0.3, -0.25) is 19.2 Å². The number of carbonyl (C=O) groups excluding carboxylic acids is 4. The van der Waals surface area contributed by atoms with Crippen molar-refractivity contribution in [2.24, 2.45) is 23.7 Å². The molecule has 6 aliphatic heterocycles. The van der Waals surface area contributed by atoms with Crippen molar-refractivity contribution >= 4 is 56.5 Å². The first-order chi connectivity index (χ1) is 31.4. The molecule has 4 bridgehead atoms. The molecule has 5 aromatic carbocycles. The van der Waals surface area contributed by atoms with Crippen molar-refractivity contribution in [3.05, 3.63) is 114 Å². The van der Waals surface area contributed by atoms with E-state index in [0.29, 0.717) is 83.5 Å². The van der Waals surface area contributed by atoms with Crippen molar-refractivity contribution in [3.8, 4) is 24.0 Å². The molecule has 65 heavy (non-hydrogen) atoms. The van der Waals surface area contributed by atoms with E-state index in [1.54, 1.807) is 55.6 Å². The second kappa shape index (κ2) is 15.4. The zero-order valence-electron chi connectivity index (χ0n) is 36.2. The zero-order valence-corrected chi connectivity index (χ0v) is 36.2. The molecule has 0 unspecified atom stereocenters. The number of fused-ring (bicyclic) bond motifs is 12. The van der Waals surface area contributed by atoms with E-state index >= 15 is 0 Å². The van der Waals surface area contributed by atoms with Gasteiger partial charge < -0.3 is 18.9 Å². The number of methoxy groups -OCH3 is 1.